The Hall–Kier alpha value is -1.81. The fraction of sp³-hybridized carbons (Fsp3) is 0.316. The Morgan fingerprint density at radius 1 is 1.30 bits per heavy atom. The van der Waals surface area contributed by atoms with Gasteiger partial charge in [-0.25, -0.2) is 0 Å². The highest BCUT2D eigenvalue weighted by atomic mass is 79.9. The fourth-order valence-corrected chi connectivity index (χ4v) is 3.11. The number of H-pyrrole nitrogens is 1. The van der Waals surface area contributed by atoms with Crippen LogP contribution in [0.25, 0.3) is 11.6 Å². The van der Waals surface area contributed by atoms with E-state index in [1.54, 1.807) is 0 Å². The van der Waals surface area contributed by atoms with Crippen molar-refractivity contribution in [1.29, 1.82) is 0 Å². The number of carbonyl (C=O) groups excluding carboxylic acids is 1. The molecule has 0 spiro atoms. The smallest absolute Gasteiger partial charge is 0.211 e. The second kappa shape index (κ2) is 7.64. The van der Waals surface area contributed by atoms with E-state index in [0.717, 1.165) is 39.8 Å². The van der Waals surface area contributed by atoms with E-state index in [9.17, 15) is 4.79 Å². The van der Waals surface area contributed by atoms with Crippen LogP contribution < -0.4 is 5.32 Å². The molecule has 0 aliphatic rings. The molecule has 0 bridgehead atoms. The molecule has 0 saturated carbocycles. The Labute approximate surface area is 146 Å². The third-order valence-electron chi connectivity index (χ3n) is 4.19. The molecule has 2 rings (SSSR count). The van der Waals surface area contributed by atoms with Crippen LogP contribution in [-0.4, -0.2) is 11.4 Å². The van der Waals surface area contributed by atoms with Gasteiger partial charge in [-0.15, -0.1) is 0 Å². The molecular weight excluding hydrogens is 352 g/mol. The van der Waals surface area contributed by atoms with Gasteiger partial charge >= 0.3 is 0 Å². The van der Waals surface area contributed by atoms with Crippen LogP contribution in [0.3, 0.4) is 0 Å². The third kappa shape index (κ3) is 3.94. The predicted molar refractivity (Wildman–Crippen MR) is 102 cm³/mol. The highest BCUT2D eigenvalue weighted by Crippen LogP contribution is 2.30. The summed E-state index contributed by atoms with van der Waals surface area (Å²) in [4.78, 5) is 14.4. The van der Waals surface area contributed by atoms with Crippen molar-refractivity contribution in [3.8, 4) is 0 Å². The van der Waals surface area contributed by atoms with E-state index in [4.69, 9.17) is 0 Å². The van der Waals surface area contributed by atoms with E-state index in [2.05, 4.69) is 60.0 Å². The number of aromatic amines is 1. The number of rotatable bonds is 6. The molecule has 122 valence electrons. The van der Waals surface area contributed by atoms with Crippen molar-refractivity contribution in [1.82, 2.24) is 4.98 Å². The zero-order chi connectivity index (χ0) is 17.0. The van der Waals surface area contributed by atoms with Crippen molar-refractivity contribution < 1.29 is 4.79 Å². The number of hydrogen-bond acceptors (Lipinski definition) is 1. The summed E-state index contributed by atoms with van der Waals surface area (Å²) in [7, 11) is 0. The lowest BCUT2D eigenvalue weighted by molar-refractivity contribution is -0.105. The van der Waals surface area contributed by atoms with Gasteiger partial charge in [-0.1, -0.05) is 29.3 Å². The van der Waals surface area contributed by atoms with Crippen molar-refractivity contribution in [2.24, 2.45) is 0 Å². The maximum Gasteiger partial charge on any atom is 0.211 e. The molecule has 2 N–H and O–H groups in total. The van der Waals surface area contributed by atoms with E-state index in [1.807, 2.05) is 18.2 Å². The van der Waals surface area contributed by atoms with Crippen molar-refractivity contribution in [3.05, 3.63) is 50.8 Å². The molecule has 0 aliphatic heterocycles. The molecular formula is C19H23BrN2O. The number of nitrogens with one attached hydrogen (secondary N) is 2. The second-order valence-electron chi connectivity index (χ2n) is 5.80. The topological polar surface area (TPSA) is 44.9 Å². The molecule has 0 saturated heterocycles. The third-order valence-corrected chi connectivity index (χ3v) is 4.68. The van der Waals surface area contributed by atoms with Crippen LogP contribution in [0.1, 0.15) is 48.3 Å². The van der Waals surface area contributed by atoms with Gasteiger partial charge in [-0.05, 0) is 68.2 Å². The number of halogens is 1. The summed E-state index contributed by atoms with van der Waals surface area (Å²) in [6, 6.07) is 5.85. The van der Waals surface area contributed by atoms with Crippen LogP contribution in [0.2, 0.25) is 0 Å². The summed E-state index contributed by atoms with van der Waals surface area (Å²) in [5, 5.41) is 2.77. The van der Waals surface area contributed by atoms with Crippen LogP contribution in [0.15, 0.2) is 22.7 Å². The van der Waals surface area contributed by atoms with Crippen molar-refractivity contribution >= 4 is 39.7 Å². The van der Waals surface area contributed by atoms with Gasteiger partial charge in [-0.2, -0.15) is 0 Å². The second-order valence-corrected chi connectivity index (χ2v) is 6.71. The van der Waals surface area contributed by atoms with Gasteiger partial charge in [-0.3, -0.25) is 4.79 Å². The molecule has 0 unspecified atom stereocenters. The molecule has 4 heteroatoms. The first-order chi connectivity index (χ1) is 11.0. The SMILES string of the molecule is CCCc1[nH]c(/C=C(\C)c2cc(Br)ccc2NC=O)c(C)c1C. The quantitative estimate of drug-likeness (QED) is 0.646. The minimum atomic E-state index is 0.712. The molecule has 1 aromatic carbocycles. The monoisotopic (exact) mass is 374 g/mol. The number of aromatic nitrogens is 1. The van der Waals surface area contributed by atoms with Gasteiger partial charge in [0.05, 0.1) is 0 Å². The maximum absolute atomic E-state index is 10.8. The Morgan fingerprint density at radius 3 is 2.70 bits per heavy atom. The van der Waals surface area contributed by atoms with Crippen LogP contribution in [0.4, 0.5) is 5.69 Å². The largest absolute Gasteiger partial charge is 0.358 e. The lowest BCUT2D eigenvalue weighted by Crippen LogP contribution is -1.98. The average Bonchev–Trinajstić information content (AvgIpc) is 2.78. The summed E-state index contributed by atoms with van der Waals surface area (Å²) in [6.45, 7) is 8.57. The van der Waals surface area contributed by atoms with Gasteiger partial charge in [0, 0.05) is 27.1 Å². The van der Waals surface area contributed by atoms with Crippen LogP contribution in [0.5, 0.6) is 0 Å². The maximum atomic E-state index is 10.8. The molecule has 0 radical (unpaired) electrons. The minimum absolute atomic E-state index is 0.712. The highest BCUT2D eigenvalue weighted by molar-refractivity contribution is 9.10. The summed E-state index contributed by atoms with van der Waals surface area (Å²) in [6.07, 6.45) is 5.05. The summed E-state index contributed by atoms with van der Waals surface area (Å²) in [5.74, 6) is 0. The minimum Gasteiger partial charge on any atom is -0.358 e. The number of amides is 1. The molecule has 0 aliphatic carbocycles. The molecule has 2 aromatic rings. The summed E-state index contributed by atoms with van der Waals surface area (Å²) >= 11 is 3.50. The number of hydrogen-bond donors (Lipinski definition) is 2. The number of benzene rings is 1. The molecule has 1 heterocycles. The Morgan fingerprint density at radius 2 is 2.04 bits per heavy atom. The first kappa shape index (κ1) is 17.5. The first-order valence-corrected chi connectivity index (χ1v) is 8.63. The number of aryl methyl sites for hydroxylation is 1. The van der Waals surface area contributed by atoms with E-state index >= 15 is 0 Å². The highest BCUT2D eigenvalue weighted by Gasteiger charge is 2.10. The normalized spacial score (nSPS) is 11.6. The van der Waals surface area contributed by atoms with Crippen LogP contribution >= 0.6 is 15.9 Å². The molecule has 1 amide bonds. The van der Waals surface area contributed by atoms with Crippen molar-refractivity contribution in [3.63, 3.8) is 0 Å². The number of allylic oxidation sites excluding steroid dienone is 1. The van der Waals surface area contributed by atoms with Gasteiger partial charge < -0.3 is 10.3 Å². The van der Waals surface area contributed by atoms with Gasteiger partial charge in [0.1, 0.15) is 0 Å². The zero-order valence-electron chi connectivity index (χ0n) is 14.1. The van der Waals surface area contributed by atoms with E-state index in [0.29, 0.717) is 6.41 Å². The zero-order valence-corrected chi connectivity index (χ0v) is 15.7. The Kier molecular flexibility index (Phi) is 5.83. The average molecular weight is 375 g/mol. The van der Waals surface area contributed by atoms with Gasteiger partial charge in [0.15, 0.2) is 0 Å². The predicted octanol–water partition coefficient (Wildman–Crippen LogP) is 5.48. The molecule has 1 aromatic heterocycles. The van der Waals surface area contributed by atoms with E-state index in [-0.39, 0.29) is 0 Å². The van der Waals surface area contributed by atoms with E-state index in [1.165, 1.54) is 16.8 Å². The lowest BCUT2D eigenvalue weighted by atomic mass is 10.0. The summed E-state index contributed by atoms with van der Waals surface area (Å²) in [5.41, 5.74) is 7.99. The van der Waals surface area contributed by atoms with Crippen LogP contribution in [-0.2, 0) is 11.2 Å². The van der Waals surface area contributed by atoms with E-state index < -0.39 is 0 Å². The van der Waals surface area contributed by atoms with Crippen molar-refractivity contribution in [2.75, 3.05) is 5.32 Å². The van der Waals surface area contributed by atoms with Gasteiger partial charge in [0.2, 0.25) is 6.41 Å². The molecule has 0 atom stereocenters. The standard InChI is InChI=1S/C19H23BrN2O/c1-5-6-17-13(3)14(4)19(22-17)9-12(2)16-10-15(20)7-8-18(16)21-11-23/h7-11,22H,5-6H2,1-4H3,(H,21,23)/b12-9+. The molecule has 0 fully saturated rings. The first-order valence-electron chi connectivity index (χ1n) is 7.84. The Balaban J connectivity index is 2.46. The fourth-order valence-electron chi connectivity index (χ4n) is 2.75. The Bertz CT molecular complexity index is 744. The molecule has 23 heavy (non-hydrogen) atoms. The van der Waals surface area contributed by atoms with Crippen molar-refractivity contribution in [2.45, 2.75) is 40.5 Å². The lowest BCUT2D eigenvalue weighted by Gasteiger charge is -2.10. The number of anilines is 1. The van der Waals surface area contributed by atoms with Crippen LogP contribution in [0, 0.1) is 13.8 Å². The van der Waals surface area contributed by atoms with Gasteiger partial charge in [0.25, 0.3) is 0 Å². The molecule has 3 nitrogen and oxygen atoms in total. The number of carbonyl (C=O) groups is 1. The summed E-state index contributed by atoms with van der Waals surface area (Å²) < 4.78 is 0.989.